The zero-order chi connectivity index (χ0) is 16.1. The van der Waals surface area contributed by atoms with Crippen molar-refractivity contribution in [2.45, 2.75) is 57.8 Å². The van der Waals surface area contributed by atoms with E-state index in [0.717, 1.165) is 18.4 Å². The lowest BCUT2D eigenvalue weighted by molar-refractivity contribution is 0.0165. The maximum absolute atomic E-state index is 5.82. The van der Waals surface area contributed by atoms with E-state index in [1.807, 2.05) is 0 Å². The van der Waals surface area contributed by atoms with E-state index in [0.29, 0.717) is 23.0 Å². The van der Waals surface area contributed by atoms with E-state index >= 15 is 0 Å². The first kappa shape index (κ1) is 15.7. The van der Waals surface area contributed by atoms with Crippen LogP contribution in [0.2, 0.25) is 0 Å². The fourth-order valence-electron chi connectivity index (χ4n) is 7.08. The average Bonchev–Trinajstić information content (AvgIpc) is 2.90. The Balaban J connectivity index is 1.73. The molecule has 4 bridgehead atoms. The van der Waals surface area contributed by atoms with E-state index in [2.05, 4.69) is 44.2 Å². The minimum absolute atomic E-state index is 0.363. The summed E-state index contributed by atoms with van der Waals surface area (Å²) in [6, 6.07) is 11.3. The average molecular weight is 313 g/mol. The van der Waals surface area contributed by atoms with Crippen molar-refractivity contribution in [2.75, 3.05) is 13.3 Å². The molecule has 4 aliphatic rings. The second-order valence-corrected chi connectivity index (χ2v) is 8.82. The Kier molecular flexibility index (Phi) is 3.62. The van der Waals surface area contributed by atoms with Gasteiger partial charge < -0.3 is 10.5 Å². The van der Waals surface area contributed by atoms with Gasteiger partial charge in [-0.2, -0.15) is 0 Å². The van der Waals surface area contributed by atoms with Gasteiger partial charge in [-0.1, -0.05) is 50.6 Å². The number of nitrogens with two attached hydrogens (primary N) is 1. The fourth-order valence-corrected chi connectivity index (χ4v) is 7.08. The normalized spacial score (nSPS) is 44.1. The Morgan fingerprint density at radius 3 is 2.65 bits per heavy atom. The lowest BCUT2D eigenvalue weighted by atomic mass is 9.56. The van der Waals surface area contributed by atoms with Gasteiger partial charge in [0.2, 0.25) is 0 Å². The molecular weight excluding hydrogens is 282 g/mol. The van der Waals surface area contributed by atoms with E-state index in [-0.39, 0.29) is 0 Å². The minimum Gasteiger partial charge on any atom is -0.366 e. The van der Waals surface area contributed by atoms with E-state index in [1.165, 1.54) is 38.5 Å². The number of ether oxygens (including phenoxy) is 1. The summed E-state index contributed by atoms with van der Waals surface area (Å²) >= 11 is 0. The van der Waals surface area contributed by atoms with Gasteiger partial charge >= 0.3 is 0 Å². The van der Waals surface area contributed by atoms with Crippen LogP contribution in [0.4, 0.5) is 0 Å². The van der Waals surface area contributed by atoms with Crippen molar-refractivity contribution < 1.29 is 4.74 Å². The third-order valence-electron chi connectivity index (χ3n) is 7.73. The molecule has 0 spiro atoms. The molecule has 2 heteroatoms. The molecule has 2 nitrogen and oxygen atoms in total. The smallest absolute Gasteiger partial charge is 0.0940 e. The third kappa shape index (κ3) is 2.07. The summed E-state index contributed by atoms with van der Waals surface area (Å²) in [5, 5.41) is 0. The van der Waals surface area contributed by atoms with Crippen LogP contribution in [0, 0.1) is 22.7 Å². The molecule has 4 aliphatic carbocycles. The largest absolute Gasteiger partial charge is 0.366 e. The van der Waals surface area contributed by atoms with Crippen molar-refractivity contribution in [1.29, 1.82) is 0 Å². The molecule has 4 fully saturated rings. The third-order valence-corrected chi connectivity index (χ3v) is 7.73. The van der Waals surface area contributed by atoms with Gasteiger partial charge in [-0.15, -0.1) is 0 Å². The highest BCUT2D eigenvalue weighted by Crippen LogP contribution is 2.77. The Morgan fingerprint density at radius 1 is 1.17 bits per heavy atom. The maximum atomic E-state index is 5.82. The summed E-state index contributed by atoms with van der Waals surface area (Å²) in [6.07, 6.45) is 8.09. The Morgan fingerprint density at radius 2 is 1.96 bits per heavy atom. The summed E-state index contributed by atoms with van der Waals surface area (Å²) in [7, 11) is 0. The van der Waals surface area contributed by atoms with Crippen molar-refractivity contribution >= 4 is 0 Å². The van der Waals surface area contributed by atoms with Crippen molar-refractivity contribution in [3.05, 3.63) is 35.9 Å². The van der Waals surface area contributed by atoms with Gasteiger partial charge in [0.15, 0.2) is 0 Å². The number of benzene rings is 1. The minimum atomic E-state index is 0.363. The summed E-state index contributed by atoms with van der Waals surface area (Å²) in [5.41, 5.74) is 8.55. The Hall–Kier alpha value is -0.860. The van der Waals surface area contributed by atoms with Gasteiger partial charge in [-0.25, -0.2) is 0 Å². The highest BCUT2D eigenvalue weighted by Gasteiger charge is 2.71. The van der Waals surface area contributed by atoms with E-state index in [1.54, 1.807) is 5.56 Å². The van der Waals surface area contributed by atoms with Crippen molar-refractivity contribution in [3.8, 4) is 0 Å². The molecule has 0 amide bonds. The zero-order valence-electron chi connectivity index (χ0n) is 14.7. The van der Waals surface area contributed by atoms with Crippen LogP contribution in [-0.4, -0.2) is 13.3 Å². The van der Waals surface area contributed by atoms with Crippen molar-refractivity contribution in [1.82, 2.24) is 0 Å². The molecule has 4 saturated carbocycles. The van der Waals surface area contributed by atoms with Gasteiger partial charge in [0.25, 0.3) is 0 Å². The van der Waals surface area contributed by atoms with Crippen molar-refractivity contribution in [3.63, 3.8) is 0 Å². The van der Waals surface area contributed by atoms with Gasteiger partial charge in [-0.05, 0) is 65.7 Å². The molecule has 0 heterocycles. The molecule has 5 unspecified atom stereocenters. The number of hydrogen-bond donors (Lipinski definition) is 1. The molecule has 0 radical (unpaired) electrons. The SMILES string of the molecule is CCCC1(C)C2CC3(c4ccccc4)CC1C(COCN)(C2)C3. The summed E-state index contributed by atoms with van der Waals surface area (Å²) in [6.45, 7) is 6.16. The zero-order valence-corrected chi connectivity index (χ0v) is 14.7. The molecule has 2 N–H and O–H groups in total. The predicted octanol–water partition coefficient (Wildman–Crippen LogP) is 4.48. The van der Waals surface area contributed by atoms with Gasteiger partial charge in [0.1, 0.15) is 0 Å². The molecule has 1 aromatic carbocycles. The number of rotatable bonds is 6. The molecule has 5 atom stereocenters. The summed E-state index contributed by atoms with van der Waals surface area (Å²) in [5.74, 6) is 1.66. The topological polar surface area (TPSA) is 35.2 Å². The lowest BCUT2D eigenvalue weighted by Crippen LogP contribution is -2.41. The van der Waals surface area contributed by atoms with Crippen LogP contribution >= 0.6 is 0 Å². The highest BCUT2D eigenvalue weighted by molar-refractivity contribution is 5.34. The maximum Gasteiger partial charge on any atom is 0.0940 e. The van der Waals surface area contributed by atoms with Gasteiger partial charge in [0, 0.05) is 0 Å². The second kappa shape index (κ2) is 5.32. The molecule has 23 heavy (non-hydrogen) atoms. The molecule has 0 saturated heterocycles. The van der Waals surface area contributed by atoms with Crippen LogP contribution in [0.25, 0.3) is 0 Å². The quantitative estimate of drug-likeness (QED) is 0.786. The Labute approximate surface area is 140 Å². The van der Waals surface area contributed by atoms with Crippen molar-refractivity contribution in [2.24, 2.45) is 28.4 Å². The first-order valence-electron chi connectivity index (χ1n) is 9.42. The Bertz CT molecular complexity index is 572. The van der Waals surface area contributed by atoms with Crippen LogP contribution in [0.5, 0.6) is 0 Å². The molecule has 5 rings (SSSR count). The van der Waals surface area contributed by atoms with Gasteiger partial charge in [0.05, 0.1) is 13.3 Å². The van der Waals surface area contributed by atoms with Crippen LogP contribution in [0.1, 0.15) is 57.9 Å². The second-order valence-electron chi connectivity index (χ2n) is 8.82. The van der Waals surface area contributed by atoms with Gasteiger partial charge in [-0.3, -0.25) is 0 Å². The standard InChI is InChI=1S/C21H31NO/c1-3-9-19(2)17-10-20(16-7-5-4-6-8-16)12-18(19)21(11-17,13-20)14-23-15-22/h4-8,17-18H,3,9-15,22H2,1-2H3. The molecular formula is C21H31NO. The van der Waals surface area contributed by atoms with Crippen LogP contribution < -0.4 is 5.73 Å². The highest BCUT2D eigenvalue weighted by atomic mass is 16.5. The van der Waals surface area contributed by atoms with Crippen LogP contribution in [-0.2, 0) is 10.2 Å². The summed E-state index contributed by atoms with van der Waals surface area (Å²) in [4.78, 5) is 0. The molecule has 0 aliphatic heterocycles. The first-order chi connectivity index (χ1) is 11.1. The van der Waals surface area contributed by atoms with E-state index < -0.39 is 0 Å². The number of hydrogen-bond acceptors (Lipinski definition) is 2. The fraction of sp³-hybridized carbons (Fsp3) is 0.714. The molecule has 126 valence electrons. The first-order valence-corrected chi connectivity index (χ1v) is 9.42. The molecule has 0 aromatic heterocycles. The van der Waals surface area contributed by atoms with Crippen LogP contribution in [0.15, 0.2) is 30.3 Å². The summed E-state index contributed by atoms with van der Waals surface area (Å²) < 4.78 is 5.82. The van der Waals surface area contributed by atoms with E-state index in [4.69, 9.17) is 10.5 Å². The van der Waals surface area contributed by atoms with Crippen LogP contribution in [0.3, 0.4) is 0 Å². The molecule has 1 aromatic rings. The van der Waals surface area contributed by atoms with E-state index in [9.17, 15) is 0 Å². The lowest BCUT2D eigenvalue weighted by Gasteiger charge is -2.48. The monoisotopic (exact) mass is 313 g/mol. The predicted molar refractivity (Wildman–Crippen MR) is 94.0 cm³/mol.